The van der Waals surface area contributed by atoms with Gasteiger partial charge in [0.1, 0.15) is 0 Å². The summed E-state index contributed by atoms with van der Waals surface area (Å²) in [6.45, 7) is 2.77. The highest BCUT2D eigenvalue weighted by Gasteiger charge is 2.47. The Labute approximate surface area is 117 Å². The van der Waals surface area contributed by atoms with E-state index in [0.29, 0.717) is 28.6 Å². The SMILES string of the molecule is CC1(c2cccc(Cl)c2Cl)CN=C(N)N1C1CC1. The minimum atomic E-state index is -0.271. The Morgan fingerprint density at radius 2 is 2.11 bits per heavy atom. The van der Waals surface area contributed by atoms with Gasteiger partial charge in [0.05, 0.1) is 22.1 Å². The van der Waals surface area contributed by atoms with Gasteiger partial charge < -0.3 is 10.6 Å². The molecule has 3 nitrogen and oxygen atoms in total. The summed E-state index contributed by atoms with van der Waals surface area (Å²) in [5.74, 6) is 0.621. The summed E-state index contributed by atoms with van der Waals surface area (Å²) < 4.78 is 0. The van der Waals surface area contributed by atoms with Crippen molar-refractivity contribution in [2.24, 2.45) is 10.7 Å². The third-order valence-electron chi connectivity index (χ3n) is 3.77. The lowest BCUT2D eigenvalue weighted by atomic mass is 9.91. The van der Waals surface area contributed by atoms with E-state index >= 15 is 0 Å². The average Bonchev–Trinajstić information content (AvgIpc) is 3.10. The maximum Gasteiger partial charge on any atom is 0.192 e. The third kappa shape index (κ3) is 1.69. The first-order valence-corrected chi connectivity index (χ1v) is 6.83. The predicted octanol–water partition coefficient (Wildman–Crippen LogP) is 3.00. The van der Waals surface area contributed by atoms with Crippen LogP contribution in [0, 0.1) is 0 Å². The Kier molecular flexibility index (Phi) is 2.72. The van der Waals surface area contributed by atoms with Gasteiger partial charge in [0.15, 0.2) is 5.96 Å². The molecular weight excluding hydrogens is 269 g/mol. The van der Waals surface area contributed by atoms with E-state index < -0.39 is 0 Å². The van der Waals surface area contributed by atoms with Crippen molar-refractivity contribution in [1.29, 1.82) is 0 Å². The molecule has 1 aromatic carbocycles. The second kappa shape index (κ2) is 4.04. The van der Waals surface area contributed by atoms with Gasteiger partial charge in [0.25, 0.3) is 0 Å². The van der Waals surface area contributed by atoms with E-state index in [1.165, 1.54) is 12.8 Å². The number of rotatable bonds is 2. The summed E-state index contributed by atoms with van der Waals surface area (Å²) in [5.41, 5.74) is 6.76. The van der Waals surface area contributed by atoms with E-state index in [9.17, 15) is 0 Å². The maximum absolute atomic E-state index is 6.35. The van der Waals surface area contributed by atoms with Gasteiger partial charge in [0.2, 0.25) is 0 Å². The Morgan fingerprint density at radius 1 is 1.39 bits per heavy atom. The second-order valence-electron chi connectivity index (χ2n) is 5.15. The number of aliphatic imine (C=N–C) groups is 1. The number of hydrogen-bond donors (Lipinski definition) is 1. The molecule has 1 aromatic rings. The topological polar surface area (TPSA) is 41.6 Å². The van der Waals surface area contributed by atoms with Crippen molar-refractivity contribution < 1.29 is 0 Å². The summed E-state index contributed by atoms with van der Waals surface area (Å²) in [4.78, 5) is 6.60. The molecular formula is C13H15Cl2N3. The van der Waals surface area contributed by atoms with Crippen LogP contribution in [0.25, 0.3) is 0 Å². The molecule has 18 heavy (non-hydrogen) atoms. The van der Waals surface area contributed by atoms with E-state index in [4.69, 9.17) is 28.9 Å². The monoisotopic (exact) mass is 283 g/mol. The number of hydrogen-bond acceptors (Lipinski definition) is 3. The lowest BCUT2D eigenvalue weighted by Crippen LogP contribution is -2.48. The Hall–Kier alpha value is -0.930. The first-order chi connectivity index (χ1) is 8.54. The molecule has 0 amide bonds. The predicted molar refractivity (Wildman–Crippen MR) is 75.2 cm³/mol. The van der Waals surface area contributed by atoms with E-state index in [1.807, 2.05) is 12.1 Å². The normalized spacial score (nSPS) is 27.5. The van der Waals surface area contributed by atoms with Crippen molar-refractivity contribution in [3.63, 3.8) is 0 Å². The van der Waals surface area contributed by atoms with Gasteiger partial charge in [-0.1, -0.05) is 35.3 Å². The third-order valence-corrected chi connectivity index (χ3v) is 4.59. The molecule has 1 fully saturated rings. The molecule has 5 heteroatoms. The summed E-state index contributed by atoms with van der Waals surface area (Å²) in [5, 5.41) is 1.19. The van der Waals surface area contributed by atoms with Crippen LogP contribution in [-0.2, 0) is 5.54 Å². The van der Waals surface area contributed by atoms with Crippen molar-refractivity contribution in [2.45, 2.75) is 31.3 Å². The summed E-state index contributed by atoms with van der Waals surface area (Å²) in [7, 11) is 0. The first kappa shape index (κ1) is 12.1. The zero-order valence-electron chi connectivity index (χ0n) is 10.2. The van der Waals surface area contributed by atoms with Crippen LogP contribution >= 0.6 is 23.2 Å². The fourth-order valence-corrected chi connectivity index (χ4v) is 3.20. The Balaban J connectivity index is 2.07. The molecule has 1 aliphatic heterocycles. The van der Waals surface area contributed by atoms with Crippen LogP contribution in [0.3, 0.4) is 0 Å². The van der Waals surface area contributed by atoms with Crippen LogP contribution in [0.4, 0.5) is 0 Å². The van der Waals surface area contributed by atoms with E-state index in [-0.39, 0.29) is 5.54 Å². The van der Waals surface area contributed by atoms with Crippen LogP contribution in [0.1, 0.15) is 25.3 Å². The molecule has 0 spiro atoms. The van der Waals surface area contributed by atoms with Gasteiger partial charge in [-0.2, -0.15) is 0 Å². The second-order valence-corrected chi connectivity index (χ2v) is 5.94. The van der Waals surface area contributed by atoms with Gasteiger partial charge in [-0.3, -0.25) is 4.99 Å². The highest BCUT2D eigenvalue weighted by molar-refractivity contribution is 6.42. The van der Waals surface area contributed by atoms with Crippen LogP contribution in [0.15, 0.2) is 23.2 Å². The molecule has 96 valence electrons. The molecule has 2 N–H and O–H groups in total. The standard InChI is InChI=1S/C13H15Cl2N3/c1-13(9-3-2-4-10(14)11(9)15)7-17-12(16)18(13)8-5-6-8/h2-4,8H,5-7H2,1H3,(H2,16,17). The van der Waals surface area contributed by atoms with Crippen LogP contribution < -0.4 is 5.73 Å². The smallest absolute Gasteiger partial charge is 0.192 e. The van der Waals surface area contributed by atoms with E-state index in [1.54, 1.807) is 6.07 Å². The van der Waals surface area contributed by atoms with Gasteiger partial charge in [0, 0.05) is 6.04 Å². The van der Waals surface area contributed by atoms with Crippen molar-refractivity contribution >= 4 is 29.2 Å². The largest absolute Gasteiger partial charge is 0.370 e. The minimum Gasteiger partial charge on any atom is -0.370 e. The zero-order valence-corrected chi connectivity index (χ0v) is 11.7. The van der Waals surface area contributed by atoms with Crippen molar-refractivity contribution in [2.75, 3.05) is 6.54 Å². The lowest BCUT2D eigenvalue weighted by Gasteiger charge is -2.37. The van der Waals surface area contributed by atoms with Crippen molar-refractivity contribution in [3.05, 3.63) is 33.8 Å². The highest BCUT2D eigenvalue weighted by atomic mass is 35.5. The molecule has 0 aromatic heterocycles. The fraction of sp³-hybridized carbons (Fsp3) is 0.462. The average molecular weight is 284 g/mol. The number of benzene rings is 1. The molecule has 0 bridgehead atoms. The van der Waals surface area contributed by atoms with Gasteiger partial charge >= 0.3 is 0 Å². The molecule has 3 rings (SSSR count). The zero-order chi connectivity index (χ0) is 12.9. The molecule has 1 saturated carbocycles. The quantitative estimate of drug-likeness (QED) is 0.907. The molecule has 2 aliphatic rings. The van der Waals surface area contributed by atoms with Crippen molar-refractivity contribution in [3.8, 4) is 0 Å². The van der Waals surface area contributed by atoms with Crippen LogP contribution in [-0.4, -0.2) is 23.4 Å². The molecule has 0 radical (unpaired) electrons. The summed E-state index contributed by atoms with van der Waals surface area (Å²) in [6, 6.07) is 6.24. The summed E-state index contributed by atoms with van der Waals surface area (Å²) in [6.07, 6.45) is 2.34. The number of nitrogens with zero attached hydrogens (tertiary/aromatic N) is 2. The molecule has 1 heterocycles. The molecule has 1 unspecified atom stereocenters. The van der Waals surface area contributed by atoms with Gasteiger partial charge in [-0.15, -0.1) is 0 Å². The number of halogens is 2. The Bertz CT molecular complexity index is 525. The number of guanidine groups is 1. The highest BCUT2D eigenvalue weighted by Crippen LogP contribution is 2.44. The Morgan fingerprint density at radius 3 is 2.78 bits per heavy atom. The van der Waals surface area contributed by atoms with Crippen molar-refractivity contribution in [1.82, 2.24) is 4.90 Å². The van der Waals surface area contributed by atoms with E-state index in [2.05, 4.69) is 16.8 Å². The molecule has 0 saturated heterocycles. The van der Waals surface area contributed by atoms with E-state index in [0.717, 1.165) is 5.56 Å². The first-order valence-electron chi connectivity index (χ1n) is 6.08. The van der Waals surface area contributed by atoms with Crippen LogP contribution in [0.5, 0.6) is 0 Å². The molecule has 1 atom stereocenters. The fourth-order valence-electron chi connectivity index (χ4n) is 2.70. The van der Waals surface area contributed by atoms with Gasteiger partial charge in [-0.25, -0.2) is 0 Å². The molecule has 1 aliphatic carbocycles. The summed E-state index contributed by atoms with van der Waals surface area (Å²) >= 11 is 12.5. The minimum absolute atomic E-state index is 0.271. The van der Waals surface area contributed by atoms with Gasteiger partial charge in [-0.05, 0) is 31.4 Å². The lowest BCUT2D eigenvalue weighted by molar-refractivity contribution is 0.216. The maximum atomic E-state index is 6.35. The van der Waals surface area contributed by atoms with Crippen LogP contribution in [0.2, 0.25) is 10.0 Å². The number of nitrogens with two attached hydrogens (primary N) is 1.